The third-order valence-electron chi connectivity index (χ3n) is 2.36. The number of aromatic nitrogens is 1. The third-order valence-corrected chi connectivity index (χ3v) is 2.36. The maximum atomic E-state index is 13.2. The molecule has 0 bridgehead atoms. The fourth-order valence-electron chi connectivity index (χ4n) is 1.51. The van der Waals surface area contributed by atoms with Crippen LogP contribution in [-0.4, -0.2) is 12.1 Å². The summed E-state index contributed by atoms with van der Waals surface area (Å²) in [5, 5.41) is 8.95. The van der Waals surface area contributed by atoms with Gasteiger partial charge in [-0.15, -0.1) is 0 Å². The van der Waals surface area contributed by atoms with Crippen molar-refractivity contribution in [3.05, 3.63) is 47.9 Å². The van der Waals surface area contributed by atoms with E-state index in [1.54, 1.807) is 18.3 Å². The summed E-state index contributed by atoms with van der Waals surface area (Å²) < 4.78 is 18.1. The van der Waals surface area contributed by atoms with Gasteiger partial charge in [0, 0.05) is 23.4 Å². The highest BCUT2D eigenvalue weighted by atomic mass is 19.1. The molecule has 84 valence electrons. The van der Waals surface area contributed by atoms with Gasteiger partial charge in [0.05, 0.1) is 18.7 Å². The molecular weight excluding hydrogens is 219 g/mol. The molecule has 0 spiro atoms. The maximum absolute atomic E-state index is 13.2. The van der Waals surface area contributed by atoms with Crippen LogP contribution in [0.15, 0.2) is 36.5 Å². The van der Waals surface area contributed by atoms with Gasteiger partial charge in [-0.1, -0.05) is 0 Å². The first-order valence-electron chi connectivity index (χ1n) is 4.94. The molecule has 0 aliphatic rings. The zero-order valence-electron chi connectivity index (χ0n) is 9.14. The molecule has 1 aromatic heterocycles. The molecule has 0 radical (unpaired) electrons. The Hall–Kier alpha value is -2.41. The Morgan fingerprint density at radius 2 is 2.12 bits per heavy atom. The third kappa shape index (κ3) is 2.23. The second kappa shape index (κ2) is 4.62. The summed E-state index contributed by atoms with van der Waals surface area (Å²) in [7, 11) is 1.52. The van der Waals surface area contributed by atoms with Crippen LogP contribution in [-0.2, 0) is 0 Å². The number of nitriles is 1. The molecule has 0 atom stereocenters. The Balaban J connectivity index is 2.52. The predicted octanol–water partition coefficient (Wildman–Crippen LogP) is 2.77. The van der Waals surface area contributed by atoms with E-state index in [2.05, 4.69) is 4.98 Å². The van der Waals surface area contributed by atoms with Crippen molar-refractivity contribution in [3.8, 4) is 23.1 Å². The average Bonchev–Trinajstić information content (AvgIpc) is 2.39. The fraction of sp³-hybridized carbons (Fsp3) is 0.0769. The Kier molecular flexibility index (Phi) is 3.01. The molecule has 17 heavy (non-hydrogen) atoms. The Morgan fingerprint density at radius 3 is 2.71 bits per heavy atom. The van der Waals surface area contributed by atoms with Gasteiger partial charge in [0.2, 0.25) is 5.88 Å². The lowest BCUT2D eigenvalue weighted by molar-refractivity contribution is 0.398. The Morgan fingerprint density at radius 1 is 1.29 bits per heavy atom. The number of pyridine rings is 1. The molecule has 0 saturated heterocycles. The monoisotopic (exact) mass is 228 g/mol. The van der Waals surface area contributed by atoms with Crippen molar-refractivity contribution < 1.29 is 9.13 Å². The second-order valence-electron chi connectivity index (χ2n) is 3.39. The van der Waals surface area contributed by atoms with Crippen LogP contribution in [0.25, 0.3) is 11.1 Å². The Bertz CT molecular complexity index is 573. The maximum Gasteiger partial charge on any atom is 0.212 e. The van der Waals surface area contributed by atoms with Crippen LogP contribution in [0.3, 0.4) is 0 Å². The molecule has 0 unspecified atom stereocenters. The van der Waals surface area contributed by atoms with E-state index in [1.165, 1.54) is 25.3 Å². The highest BCUT2D eigenvalue weighted by molar-refractivity contribution is 5.69. The molecule has 2 rings (SSSR count). The topological polar surface area (TPSA) is 45.9 Å². The zero-order valence-corrected chi connectivity index (χ0v) is 9.14. The van der Waals surface area contributed by atoms with Gasteiger partial charge in [-0.2, -0.15) is 5.26 Å². The molecular formula is C13H9FN2O. The normalized spacial score (nSPS) is 9.71. The summed E-state index contributed by atoms with van der Waals surface area (Å²) in [6.07, 6.45) is 1.55. The van der Waals surface area contributed by atoms with Crippen molar-refractivity contribution in [2.45, 2.75) is 0 Å². The molecule has 4 heteroatoms. The summed E-state index contributed by atoms with van der Waals surface area (Å²) in [5.74, 6) is 0.0958. The van der Waals surface area contributed by atoms with Crippen molar-refractivity contribution in [2.24, 2.45) is 0 Å². The number of halogens is 1. The van der Waals surface area contributed by atoms with Gasteiger partial charge >= 0.3 is 0 Å². The fourth-order valence-corrected chi connectivity index (χ4v) is 1.51. The summed E-state index contributed by atoms with van der Waals surface area (Å²) in [6.45, 7) is 0. The minimum absolute atomic E-state index is 0.380. The first kappa shape index (κ1) is 11.1. The van der Waals surface area contributed by atoms with Crippen LogP contribution in [0.1, 0.15) is 5.56 Å². The van der Waals surface area contributed by atoms with Crippen LogP contribution in [0.5, 0.6) is 5.88 Å². The number of benzene rings is 1. The van der Waals surface area contributed by atoms with Gasteiger partial charge in [-0.05, 0) is 24.3 Å². The van der Waals surface area contributed by atoms with E-state index in [0.29, 0.717) is 22.6 Å². The molecule has 3 nitrogen and oxygen atoms in total. The predicted molar refractivity (Wildman–Crippen MR) is 60.9 cm³/mol. The average molecular weight is 228 g/mol. The highest BCUT2D eigenvalue weighted by Gasteiger charge is 2.07. The van der Waals surface area contributed by atoms with Gasteiger partial charge in [0.1, 0.15) is 5.82 Å². The quantitative estimate of drug-likeness (QED) is 0.793. The van der Waals surface area contributed by atoms with Gasteiger partial charge in [0.25, 0.3) is 0 Å². The first-order valence-corrected chi connectivity index (χ1v) is 4.94. The molecule has 1 aromatic carbocycles. The van der Waals surface area contributed by atoms with Gasteiger partial charge in [-0.25, -0.2) is 9.37 Å². The van der Waals surface area contributed by atoms with E-state index in [4.69, 9.17) is 10.00 Å². The van der Waals surface area contributed by atoms with E-state index < -0.39 is 0 Å². The van der Waals surface area contributed by atoms with Crippen molar-refractivity contribution in [1.29, 1.82) is 5.26 Å². The summed E-state index contributed by atoms with van der Waals surface area (Å²) in [5.41, 5.74) is 1.63. The number of ether oxygens (including phenoxy) is 1. The van der Waals surface area contributed by atoms with Crippen LogP contribution in [0.4, 0.5) is 4.39 Å². The minimum atomic E-state index is -0.380. The van der Waals surface area contributed by atoms with E-state index in [0.717, 1.165) is 0 Å². The number of hydrogen-bond donors (Lipinski definition) is 0. The second-order valence-corrected chi connectivity index (χ2v) is 3.39. The van der Waals surface area contributed by atoms with E-state index in [-0.39, 0.29) is 5.82 Å². The number of nitrogens with zero attached hydrogens (tertiary/aromatic N) is 2. The van der Waals surface area contributed by atoms with Crippen molar-refractivity contribution in [3.63, 3.8) is 0 Å². The molecule has 0 saturated carbocycles. The Labute approximate surface area is 98.1 Å². The first-order chi connectivity index (χ1) is 8.24. The zero-order chi connectivity index (χ0) is 12.3. The molecule has 1 heterocycles. The van der Waals surface area contributed by atoms with Crippen LogP contribution in [0.2, 0.25) is 0 Å². The largest absolute Gasteiger partial charge is 0.481 e. The van der Waals surface area contributed by atoms with Crippen molar-refractivity contribution in [2.75, 3.05) is 7.11 Å². The van der Waals surface area contributed by atoms with Crippen LogP contribution >= 0.6 is 0 Å². The molecule has 0 amide bonds. The van der Waals surface area contributed by atoms with E-state index in [9.17, 15) is 4.39 Å². The summed E-state index contributed by atoms with van der Waals surface area (Å²) in [6, 6.07) is 9.47. The molecule has 0 aliphatic heterocycles. The van der Waals surface area contributed by atoms with Crippen molar-refractivity contribution in [1.82, 2.24) is 4.98 Å². The molecule has 0 fully saturated rings. The van der Waals surface area contributed by atoms with Gasteiger partial charge < -0.3 is 4.74 Å². The standard InChI is InChI=1S/C13H9FN2O/c1-17-13-5-3-10(8-16-13)12-6-11(14)4-2-9(12)7-15/h2-6,8H,1H3. The number of rotatable bonds is 2. The van der Waals surface area contributed by atoms with E-state index in [1.807, 2.05) is 6.07 Å². The molecule has 2 aromatic rings. The van der Waals surface area contributed by atoms with E-state index >= 15 is 0 Å². The lowest BCUT2D eigenvalue weighted by atomic mass is 10.0. The molecule has 0 aliphatic carbocycles. The highest BCUT2D eigenvalue weighted by Crippen LogP contribution is 2.24. The van der Waals surface area contributed by atoms with Crippen LogP contribution in [0, 0.1) is 17.1 Å². The lowest BCUT2D eigenvalue weighted by Gasteiger charge is -2.05. The number of methoxy groups -OCH3 is 1. The van der Waals surface area contributed by atoms with Crippen LogP contribution < -0.4 is 4.74 Å². The van der Waals surface area contributed by atoms with Gasteiger partial charge in [-0.3, -0.25) is 0 Å². The lowest BCUT2D eigenvalue weighted by Crippen LogP contribution is -1.90. The SMILES string of the molecule is COc1ccc(-c2cc(F)ccc2C#N)cn1. The summed E-state index contributed by atoms with van der Waals surface area (Å²) >= 11 is 0. The smallest absolute Gasteiger partial charge is 0.212 e. The summed E-state index contributed by atoms with van der Waals surface area (Å²) in [4.78, 5) is 4.02. The van der Waals surface area contributed by atoms with Gasteiger partial charge in [0.15, 0.2) is 0 Å². The number of hydrogen-bond acceptors (Lipinski definition) is 3. The molecule has 0 N–H and O–H groups in total. The minimum Gasteiger partial charge on any atom is -0.481 e. The van der Waals surface area contributed by atoms with Crippen molar-refractivity contribution >= 4 is 0 Å².